The van der Waals surface area contributed by atoms with E-state index in [0.29, 0.717) is 6.54 Å². The van der Waals surface area contributed by atoms with Crippen LogP contribution >= 0.6 is 27.3 Å². The summed E-state index contributed by atoms with van der Waals surface area (Å²) in [7, 11) is 1.46. The molecule has 17 heavy (non-hydrogen) atoms. The number of carboxylic acid groups (broad SMARTS) is 1. The lowest BCUT2D eigenvalue weighted by Gasteiger charge is -2.21. The maximum absolute atomic E-state index is 11.6. The van der Waals surface area contributed by atoms with Gasteiger partial charge in [-0.05, 0) is 35.0 Å². The maximum atomic E-state index is 11.6. The zero-order valence-corrected chi connectivity index (χ0v) is 11.8. The highest BCUT2D eigenvalue weighted by Gasteiger charge is 2.21. The topological polar surface area (TPSA) is 69.6 Å². The molecule has 7 heteroatoms. The Kier molecular flexibility index (Phi) is 4.95. The first-order chi connectivity index (χ1) is 7.91. The molecule has 1 aromatic rings. The van der Waals surface area contributed by atoms with Gasteiger partial charge < -0.3 is 15.3 Å². The Morgan fingerprint density at radius 1 is 1.59 bits per heavy atom. The van der Waals surface area contributed by atoms with Gasteiger partial charge in [-0.2, -0.15) is 0 Å². The average molecular weight is 321 g/mol. The number of halogens is 1. The van der Waals surface area contributed by atoms with Gasteiger partial charge in [-0.1, -0.05) is 0 Å². The van der Waals surface area contributed by atoms with E-state index in [2.05, 4.69) is 21.2 Å². The summed E-state index contributed by atoms with van der Waals surface area (Å²) >= 11 is 4.85. The van der Waals surface area contributed by atoms with Crippen molar-refractivity contribution in [3.8, 4) is 0 Å². The highest BCUT2D eigenvalue weighted by molar-refractivity contribution is 9.11. The number of rotatable bonds is 4. The Hall–Kier alpha value is -1.08. The fraction of sp³-hybridized carbons (Fsp3) is 0.400. The lowest BCUT2D eigenvalue weighted by molar-refractivity contribution is -0.141. The van der Waals surface area contributed by atoms with Crippen LogP contribution in [0.15, 0.2) is 15.9 Å². The summed E-state index contributed by atoms with van der Waals surface area (Å²) < 4.78 is 0.994. The number of carboxylic acids is 1. The lowest BCUT2D eigenvalue weighted by atomic mass is 10.3. The zero-order chi connectivity index (χ0) is 13.0. The van der Waals surface area contributed by atoms with Gasteiger partial charge in [0.1, 0.15) is 6.04 Å². The van der Waals surface area contributed by atoms with Crippen LogP contribution in [-0.2, 0) is 11.3 Å². The third-order valence-electron chi connectivity index (χ3n) is 2.30. The molecule has 0 spiro atoms. The van der Waals surface area contributed by atoms with Crippen LogP contribution in [0.25, 0.3) is 0 Å². The van der Waals surface area contributed by atoms with Crippen LogP contribution < -0.4 is 5.32 Å². The maximum Gasteiger partial charge on any atom is 0.326 e. The van der Waals surface area contributed by atoms with Crippen LogP contribution in [0.5, 0.6) is 0 Å². The predicted molar refractivity (Wildman–Crippen MR) is 69.1 cm³/mol. The van der Waals surface area contributed by atoms with Crippen molar-refractivity contribution in [2.45, 2.75) is 19.5 Å². The Balaban J connectivity index is 2.47. The molecule has 5 nitrogen and oxygen atoms in total. The normalized spacial score (nSPS) is 11.9. The van der Waals surface area contributed by atoms with Crippen LogP contribution in [0.1, 0.15) is 11.8 Å². The summed E-state index contributed by atoms with van der Waals surface area (Å²) in [4.78, 5) is 24.5. The molecule has 94 valence electrons. The second kappa shape index (κ2) is 6.02. The summed E-state index contributed by atoms with van der Waals surface area (Å²) in [6, 6.07) is 2.56. The number of nitrogens with zero attached hydrogens (tertiary/aromatic N) is 1. The molecule has 2 N–H and O–H groups in total. The van der Waals surface area contributed by atoms with Crippen molar-refractivity contribution in [1.82, 2.24) is 10.2 Å². The number of carbonyl (C=O) groups is 2. The van der Waals surface area contributed by atoms with Gasteiger partial charge in [0.25, 0.3) is 0 Å². The molecule has 2 amide bonds. The van der Waals surface area contributed by atoms with Crippen molar-refractivity contribution in [2.24, 2.45) is 0 Å². The van der Waals surface area contributed by atoms with Crippen LogP contribution in [0.4, 0.5) is 4.79 Å². The molecule has 0 aliphatic carbocycles. The minimum Gasteiger partial charge on any atom is -0.480 e. The van der Waals surface area contributed by atoms with E-state index in [1.54, 1.807) is 0 Å². The predicted octanol–water partition coefficient (Wildman–Crippen LogP) is 2.13. The fourth-order valence-electron chi connectivity index (χ4n) is 1.08. The van der Waals surface area contributed by atoms with E-state index in [-0.39, 0.29) is 0 Å². The molecule has 1 rings (SSSR count). The minimum absolute atomic E-state index is 0.395. The largest absolute Gasteiger partial charge is 0.480 e. The molecule has 0 aromatic carbocycles. The lowest BCUT2D eigenvalue weighted by Crippen LogP contribution is -2.45. The molecule has 1 aromatic heterocycles. The summed E-state index contributed by atoms with van der Waals surface area (Å²) in [6.07, 6.45) is 0. The van der Waals surface area contributed by atoms with Crippen molar-refractivity contribution < 1.29 is 14.7 Å². The number of hydrogen-bond donors (Lipinski definition) is 2. The van der Waals surface area contributed by atoms with Gasteiger partial charge in [-0.25, -0.2) is 9.59 Å². The molecule has 0 saturated carbocycles. The molecule has 1 heterocycles. The van der Waals surface area contributed by atoms with Crippen LogP contribution in [0, 0.1) is 0 Å². The first-order valence-electron chi connectivity index (χ1n) is 4.89. The zero-order valence-electron chi connectivity index (χ0n) is 9.44. The SMILES string of the molecule is CC(C(=O)O)N(C)C(=O)NCc1ccc(Br)s1. The van der Waals surface area contributed by atoms with E-state index in [1.807, 2.05) is 12.1 Å². The van der Waals surface area contributed by atoms with Crippen molar-refractivity contribution in [1.29, 1.82) is 0 Å². The third kappa shape index (κ3) is 4.01. The van der Waals surface area contributed by atoms with Gasteiger partial charge in [-0.15, -0.1) is 11.3 Å². The Labute approximate surface area is 112 Å². The van der Waals surface area contributed by atoms with Crippen LogP contribution in [0.3, 0.4) is 0 Å². The highest BCUT2D eigenvalue weighted by Crippen LogP contribution is 2.21. The van der Waals surface area contributed by atoms with Crippen molar-refractivity contribution in [2.75, 3.05) is 7.05 Å². The number of likely N-dealkylation sites (N-methyl/N-ethyl adjacent to an activating group) is 1. The van der Waals surface area contributed by atoms with Gasteiger partial charge in [0.05, 0.1) is 10.3 Å². The Morgan fingerprint density at radius 3 is 2.71 bits per heavy atom. The number of thiophene rings is 1. The van der Waals surface area contributed by atoms with E-state index >= 15 is 0 Å². The number of hydrogen-bond acceptors (Lipinski definition) is 3. The van der Waals surface area contributed by atoms with Crippen molar-refractivity contribution in [3.63, 3.8) is 0 Å². The molecule has 0 fully saturated rings. The minimum atomic E-state index is -1.03. The standard InChI is InChI=1S/C10H13BrN2O3S/c1-6(9(14)15)13(2)10(16)12-5-7-3-4-8(11)17-7/h3-4,6H,5H2,1-2H3,(H,12,16)(H,14,15). The number of nitrogens with one attached hydrogen (secondary N) is 1. The quantitative estimate of drug-likeness (QED) is 0.892. The second-order valence-electron chi connectivity index (χ2n) is 3.49. The Morgan fingerprint density at radius 2 is 2.24 bits per heavy atom. The molecule has 1 atom stereocenters. The van der Waals surface area contributed by atoms with E-state index < -0.39 is 18.0 Å². The molecule has 0 aliphatic rings. The van der Waals surface area contributed by atoms with Gasteiger partial charge in [0, 0.05) is 11.9 Å². The van der Waals surface area contributed by atoms with Crippen molar-refractivity contribution in [3.05, 3.63) is 20.8 Å². The molecule has 0 radical (unpaired) electrons. The fourth-order valence-corrected chi connectivity index (χ4v) is 2.50. The molecule has 0 aliphatic heterocycles. The second-order valence-corrected chi connectivity index (χ2v) is 6.04. The third-order valence-corrected chi connectivity index (χ3v) is 3.93. The highest BCUT2D eigenvalue weighted by atomic mass is 79.9. The monoisotopic (exact) mass is 320 g/mol. The van der Waals surface area contributed by atoms with E-state index in [0.717, 1.165) is 13.6 Å². The Bertz CT molecular complexity index is 421. The van der Waals surface area contributed by atoms with Crippen molar-refractivity contribution >= 4 is 39.3 Å². The first kappa shape index (κ1) is 14.0. The molecular weight excluding hydrogens is 308 g/mol. The molecule has 1 unspecified atom stereocenters. The van der Waals surface area contributed by atoms with Gasteiger partial charge in [-0.3, -0.25) is 0 Å². The average Bonchev–Trinajstić information content (AvgIpc) is 2.69. The summed E-state index contributed by atoms with van der Waals surface area (Å²) in [6.45, 7) is 1.86. The number of carbonyl (C=O) groups excluding carboxylic acids is 1. The van der Waals surface area contributed by atoms with Gasteiger partial charge >= 0.3 is 12.0 Å². The first-order valence-corrected chi connectivity index (χ1v) is 6.50. The number of urea groups is 1. The van der Waals surface area contributed by atoms with Gasteiger partial charge in [0.15, 0.2) is 0 Å². The summed E-state index contributed by atoms with van der Waals surface area (Å²) in [5, 5.41) is 11.4. The number of aliphatic carboxylic acids is 1. The van der Waals surface area contributed by atoms with Crippen LogP contribution in [0.2, 0.25) is 0 Å². The van der Waals surface area contributed by atoms with E-state index in [9.17, 15) is 9.59 Å². The van der Waals surface area contributed by atoms with E-state index in [4.69, 9.17) is 5.11 Å². The molecule has 0 saturated heterocycles. The molecule has 0 bridgehead atoms. The van der Waals surface area contributed by atoms with Crippen LogP contribution in [-0.4, -0.2) is 35.1 Å². The van der Waals surface area contributed by atoms with E-state index in [1.165, 1.54) is 25.3 Å². The number of amides is 2. The van der Waals surface area contributed by atoms with Gasteiger partial charge in [0.2, 0.25) is 0 Å². The smallest absolute Gasteiger partial charge is 0.326 e. The summed E-state index contributed by atoms with van der Waals surface area (Å²) in [5.41, 5.74) is 0. The summed E-state index contributed by atoms with van der Waals surface area (Å²) in [5.74, 6) is -1.03. The molecular formula is C10H13BrN2O3S.